The van der Waals surface area contributed by atoms with Gasteiger partial charge < -0.3 is 76.9 Å². The largest absolute Gasteiger partial charge is 0.496 e. The highest BCUT2D eigenvalue weighted by Gasteiger charge is 2.49. The number of halogens is 2. The number of hydrogen-bond donors (Lipinski definition) is 3. The predicted octanol–water partition coefficient (Wildman–Crippen LogP) is 17.2. The lowest BCUT2D eigenvalue weighted by Crippen LogP contribution is -2.47. The lowest BCUT2D eigenvalue weighted by Gasteiger charge is -2.43. The maximum Gasteiger partial charge on any atom is 0.172 e. The van der Waals surface area contributed by atoms with E-state index in [1.807, 2.05) is 58.0 Å². The average molecular weight is 1580 g/mol. The molecule has 0 aromatic heterocycles. The Balaban J connectivity index is 0.000000261. The van der Waals surface area contributed by atoms with Crippen LogP contribution in [-0.4, -0.2) is 144 Å². The van der Waals surface area contributed by atoms with E-state index in [0.717, 1.165) is 157 Å². The molecule has 4 spiro atoms. The zero-order valence-electron chi connectivity index (χ0n) is 58.1. The molecular formula is C79H120I2O16. The van der Waals surface area contributed by atoms with E-state index in [1.54, 1.807) is 35.5 Å². The van der Waals surface area contributed by atoms with Crippen molar-refractivity contribution in [1.82, 2.24) is 0 Å². The summed E-state index contributed by atoms with van der Waals surface area (Å²) in [4.78, 5) is 0. The number of hydrogen-bond acceptors (Lipinski definition) is 16. The fourth-order valence-electron chi connectivity index (χ4n) is 14.0. The molecular weight excluding hydrogens is 1460 g/mol. The van der Waals surface area contributed by atoms with Gasteiger partial charge in [-0.1, -0.05) is 96.8 Å². The van der Waals surface area contributed by atoms with Crippen molar-refractivity contribution in [2.24, 2.45) is 11.8 Å². The maximum absolute atomic E-state index is 11.1. The van der Waals surface area contributed by atoms with Gasteiger partial charge in [-0.05, 0) is 208 Å². The van der Waals surface area contributed by atoms with E-state index in [2.05, 4.69) is 105 Å². The summed E-state index contributed by atoms with van der Waals surface area (Å²) in [6.45, 7) is 23.8. The third-order valence-corrected chi connectivity index (χ3v) is 21.2. The van der Waals surface area contributed by atoms with E-state index in [9.17, 15) is 15.3 Å². The van der Waals surface area contributed by atoms with Crippen molar-refractivity contribution in [3.05, 3.63) is 139 Å². The van der Waals surface area contributed by atoms with Gasteiger partial charge in [0.1, 0.15) is 17.2 Å². The molecule has 4 aromatic rings. The highest BCUT2D eigenvalue weighted by atomic mass is 127. The van der Waals surface area contributed by atoms with Crippen molar-refractivity contribution in [1.29, 1.82) is 0 Å². The third kappa shape index (κ3) is 22.6. The van der Waals surface area contributed by atoms with Gasteiger partial charge in [0.2, 0.25) is 0 Å². The van der Waals surface area contributed by atoms with Crippen LogP contribution in [0, 0.1) is 36.2 Å². The molecule has 7 fully saturated rings. The van der Waals surface area contributed by atoms with E-state index in [-0.39, 0.29) is 63.7 Å². The van der Waals surface area contributed by atoms with Gasteiger partial charge >= 0.3 is 0 Å². The first-order chi connectivity index (χ1) is 44.4. The van der Waals surface area contributed by atoms with E-state index in [1.165, 1.54) is 22.3 Å². The van der Waals surface area contributed by atoms with Gasteiger partial charge in [0.15, 0.2) is 34.6 Å². The standard InChI is InChI=1S/C19H28O4.C19H26O4.C19H26O3.C11H18O3.C8H9IO2.3CH4.HI/c2*1-14-4-5-16(13-17(14)21-3)12-15(2)18(20)6-8-19(9-7-18)22-10-11-23-19;1-14-4-5-16(13-18(14)20-3)12-15(2)17-6-8-19(9-7-17)21-10-11-22-19;1-9(2)10(12)3-5-11(6-4-10)13-7-8-14-11;1-10-7-4-3-6(9)5-8(7)11-2;;;;/h4-5,13,15,20H,6-12H2,1-3H3;4-5,12-13,20H,6-11H2,1-3H3;4-6,13,15H,7-12H2,1-3H3;12H,1,3-8H2,2H3;3-5H,1-2H3;3*1H4;1H/b;15-12+;;;;;;;. The molecule has 4 aliphatic heterocycles. The summed E-state index contributed by atoms with van der Waals surface area (Å²) in [5.41, 5.74) is 8.28. The van der Waals surface area contributed by atoms with Crippen LogP contribution in [-0.2, 0) is 50.7 Å². The Morgan fingerprint density at radius 1 is 0.485 bits per heavy atom. The van der Waals surface area contributed by atoms with Crippen LogP contribution in [0.5, 0.6) is 28.7 Å². The quantitative estimate of drug-likeness (QED) is 0.0800. The lowest BCUT2D eigenvalue weighted by molar-refractivity contribution is -0.209. The molecule has 0 bridgehead atoms. The second kappa shape index (κ2) is 38.4. The number of aryl methyl sites for hydroxylation is 3. The second-order valence-corrected chi connectivity index (χ2v) is 28.0. The molecule has 8 aliphatic rings. The number of ether oxygens (including phenoxy) is 13. The molecule has 4 heterocycles. The molecule has 3 N–H and O–H groups in total. The van der Waals surface area contributed by atoms with Crippen LogP contribution in [0.15, 0.2) is 102 Å². The average Bonchev–Trinajstić information content (AvgIpc) is 1.78. The zero-order valence-corrected chi connectivity index (χ0v) is 62.5. The van der Waals surface area contributed by atoms with Gasteiger partial charge in [-0.25, -0.2) is 0 Å². The Morgan fingerprint density at radius 2 is 0.876 bits per heavy atom. The molecule has 2 unspecified atom stereocenters. The molecule has 4 aliphatic carbocycles. The van der Waals surface area contributed by atoms with E-state index >= 15 is 0 Å². The van der Waals surface area contributed by atoms with Gasteiger partial charge in [-0.3, -0.25) is 0 Å². The molecule has 18 heteroatoms. The smallest absolute Gasteiger partial charge is 0.172 e. The fraction of sp³-hybridized carbons (Fsp3) is 0.620. The Bertz CT molecular complexity index is 3110. The highest BCUT2D eigenvalue weighted by Crippen LogP contribution is 2.47. The number of allylic oxidation sites excluding steroid dienone is 1. The van der Waals surface area contributed by atoms with Crippen molar-refractivity contribution >= 4 is 52.6 Å². The molecule has 546 valence electrons. The Hall–Kier alpha value is -3.88. The number of rotatable bonds is 14. The minimum atomic E-state index is -0.779. The minimum absolute atomic E-state index is 0. The Morgan fingerprint density at radius 3 is 1.29 bits per heavy atom. The first-order valence-electron chi connectivity index (χ1n) is 33.5. The molecule has 0 amide bonds. The van der Waals surface area contributed by atoms with Crippen molar-refractivity contribution in [3.63, 3.8) is 0 Å². The Labute approximate surface area is 613 Å². The van der Waals surface area contributed by atoms with Gasteiger partial charge in [-0.2, -0.15) is 0 Å². The maximum atomic E-state index is 11.1. The van der Waals surface area contributed by atoms with Crippen LogP contribution < -0.4 is 23.7 Å². The monoisotopic (exact) mass is 1580 g/mol. The summed E-state index contributed by atoms with van der Waals surface area (Å²) in [6.07, 6.45) is 18.0. The molecule has 0 radical (unpaired) electrons. The zero-order chi connectivity index (χ0) is 67.1. The van der Waals surface area contributed by atoms with Gasteiger partial charge in [-0.15, -0.1) is 24.0 Å². The summed E-state index contributed by atoms with van der Waals surface area (Å²) in [5, 5.41) is 32.3. The molecule has 3 saturated carbocycles. The van der Waals surface area contributed by atoms with E-state index < -0.39 is 28.4 Å². The molecule has 2 atom stereocenters. The van der Waals surface area contributed by atoms with Crippen LogP contribution in [0.2, 0.25) is 0 Å². The van der Waals surface area contributed by atoms with Crippen molar-refractivity contribution in [2.75, 3.05) is 88.4 Å². The van der Waals surface area contributed by atoms with Crippen LogP contribution in [0.25, 0.3) is 6.08 Å². The van der Waals surface area contributed by atoms with E-state index in [0.29, 0.717) is 71.2 Å². The highest BCUT2D eigenvalue weighted by molar-refractivity contribution is 14.1. The van der Waals surface area contributed by atoms with Crippen LogP contribution in [0.3, 0.4) is 0 Å². The topological polar surface area (TPSA) is 181 Å². The lowest BCUT2D eigenvalue weighted by atomic mass is 9.72. The summed E-state index contributed by atoms with van der Waals surface area (Å²) >= 11 is 2.23. The van der Waals surface area contributed by atoms with Crippen molar-refractivity contribution in [3.8, 4) is 28.7 Å². The normalized spacial score (nSPS) is 23.3. The third-order valence-electron chi connectivity index (χ3n) is 20.5. The SMILES string of the molecule is C.C.C.C=C(C)C1(O)CCC2(CC1)OCCO2.COc1cc(/C=C(\C)C2(O)CCC3(CC2)OCCO3)ccc1C.COc1cc(CC(C)C2(O)CCC3(CC2)OCCO3)ccc1C.COc1cc(CC(C)C2=CCC3(CC2)OCCO3)ccc1C.COc1ccc(I)cc1OC.I. The summed E-state index contributed by atoms with van der Waals surface area (Å²) in [6, 6.07) is 24.7. The molecule has 12 rings (SSSR count). The first kappa shape index (κ1) is 85.5. The van der Waals surface area contributed by atoms with Crippen LogP contribution >= 0.6 is 46.6 Å². The van der Waals surface area contributed by atoms with Crippen LogP contribution in [0.4, 0.5) is 0 Å². The van der Waals surface area contributed by atoms with Crippen molar-refractivity contribution in [2.45, 2.75) is 220 Å². The number of methoxy groups -OCH3 is 5. The molecule has 4 saturated heterocycles. The second-order valence-electron chi connectivity index (χ2n) is 26.7. The fourth-order valence-corrected chi connectivity index (χ4v) is 14.5. The van der Waals surface area contributed by atoms with Crippen molar-refractivity contribution < 1.29 is 76.9 Å². The number of benzene rings is 4. The first-order valence-corrected chi connectivity index (χ1v) is 34.6. The summed E-state index contributed by atoms with van der Waals surface area (Å²) in [7, 11) is 8.38. The summed E-state index contributed by atoms with van der Waals surface area (Å²) < 4.78 is 73.3. The molecule has 16 nitrogen and oxygen atoms in total. The molecule has 4 aromatic carbocycles. The Kier molecular flexibility index (Phi) is 33.9. The number of aliphatic hydroxyl groups is 3. The van der Waals surface area contributed by atoms with Gasteiger partial charge in [0.25, 0.3) is 0 Å². The van der Waals surface area contributed by atoms with Crippen LogP contribution in [0.1, 0.15) is 180 Å². The van der Waals surface area contributed by atoms with Gasteiger partial charge in [0, 0.05) is 54.9 Å². The predicted molar refractivity (Wildman–Crippen MR) is 406 cm³/mol. The van der Waals surface area contributed by atoms with Gasteiger partial charge in [0.05, 0.1) is 105 Å². The molecule has 97 heavy (non-hydrogen) atoms. The van der Waals surface area contributed by atoms with E-state index in [4.69, 9.17) is 61.6 Å². The minimum Gasteiger partial charge on any atom is -0.496 e. The summed E-state index contributed by atoms with van der Waals surface area (Å²) in [5.74, 6) is 3.49.